The van der Waals surface area contributed by atoms with Crippen molar-refractivity contribution in [2.24, 2.45) is 7.05 Å². The van der Waals surface area contributed by atoms with Crippen LogP contribution in [0.2, 0.25) is 0 Å². The molecule has 0 N–H and O–H groups in total. The van der Waals surface area contributed by atoms with Crippen molar-refractivity contribution in [1.82, 2.24) is 19.4 Å². The van der Waals surface area contributed by atoms with E-state index in [1.165, 1.54) is 0 Å². The molecule has 2 fully saturated rings. The van der Waals surface area contributed by atoms with Crippen LogP contribution in [0.25, 0.3) is 0 Å². The van der Waals surface area contributed by atoms with Gasteiger partial charge in [-0.15, -0.1) is 6.58 Å². The minimum atomic E-state index is 0.00688. The largest absolute Gasteiger partial charge is 0.337 e. The first kappa shape index (κ1) is 15.3. The topological polar surface area (TPSA) is 41.4 Å². The molecule has 22 heavy (non-hydrogen) atoms. The molecule has 1 amide bonds. The summed E-state index contributed by atoms with van der Waals surface area (Å²) in [6, 6.07) is 0. The zero-order valence-corrected chi connectivity index (χ0v) is 13.5. The number of hydrogen-bond acceptors (Lipinski definition) is 3. The Labute approximate surface area is 132 Å². The molecule has 1 atom stereocenters. The summed E-state index contributed by atoms with van der Waals surface area (Å²) in [4.78, 5) is 21.4. The summed E-state index contributed by atoms with van der Waals surface area (Å²) >= 11 is 0. The van der Waals surface area contributed by atoms with E-state index in [-0.39, 0.29) is 5.54 Å². The van der Waals surface area contributed by atoms with Crippen LogP contribution < -0.4 is 0 Å². The van der Waals surface area contributed by atoms with E-state index in [0.717, 1.165) is 51.1 Å². The fourth-order valence-electron chi connectivity index (χ4n) is 4.04. The highest BCUT2D eigenvalue weighted by Gasteiger charge is 2.44. The van der Waals surface area contributed by atoms with Crippen molar-refractivity contribution in [3.8, 4) is 0 Å². The Kier molecular flexibility index (Phi) is 4.34. The third-order valence-electron chi connectivity index (χ3n) is 5.14. The lowest BCUT2D eigenvalue weighted by Gasteiger charge is -2.52. The molecule has 1 aromatic rings. The second-order valence-electron chi connectivity index (χ2n) is 6.64. The van der Waals surface area contributed by atoms with Crippen LogP contribution in [-0.2, 0) is 18.4 Å². The van der Waals surface area contributed by atoms with E-state index in [1.807, 2.05) is 25.5 Å². The standard InChI is InChI=1S/C17H26N4O/c1-3-10-21-16(22)6-4-7-17(21)8-5-11-20(14-17)13-15-18-9-12-19(15)2/h3,9,12H,1,4-8,10-11,13-14H2,2H3/t17-/m1/s1. The normalized spacial score (nSPS) is 26.6. The Morgan fingerprint density at radius 2 is 2.23 bits per heavy atom. The second kappa shape index (κ2) is 6.24. The predicted molar refractivity (Wildman–Crippen MR) is 86.2 cm³/mol. The molecule has 5 nitrogen and oxygen atoms in total. The maximum atomic E-state index is 12.4. The smallest absolute Gasteiger partial charge is 0.223 e. The molecular weight excluding hydrogens is 276 g/mol. The average Bonchev–Trinajstić information content (AvgIpc) is 2.89. The van der Waals surface area contributed by atoms with E-state index in [2.05, 4.69) is 25.9 Å². The van der Waals surface area contributed by atoms with Crippen LogP contribution >= 0.6 is 0 Å². The van der Waals surface area contributed by atoms with Crippen molar-refractivity contribution in [2.75, 3.05) is 19.6 Å². The van der Waals surface area contributed by atoms with E-state index in [1.54, 1.807) is 0 Å². The van der Waals surface area contributed by atoms with Gasteiger partial charge in [-0.05, 0) is 32.2 Å². The summed E-state index contributed by atoms with van der Waals surface area (Å²) in [6.45, 7) is 7.42. The lowest BCUT2D eigenvalue weighted by atomic mass is 9.79. The molecule has 0 bridgehead atoms. The number of piperidine rings is 2. The number of rotatable bonds is 4. The molecule has 0 saturated carbocycles. The highest BCUT2D eigenvalue weighted by Crippen LogP contribution is 2.37. The van der Waals surface area contributed by atoms with E-state index in [4.69, 9.17) is 0 Å². The summed E-state index contributed by atoms with van der Waals surface area (Å²) in [6.07, 6.45) is 10.8. The van der Waals surface area contributed by atoms with Gasteiger partial charge in [-0.25, -0.2) is 4.98 Å². The van der Waals surface area contributed by atoms with Gasteiger partial charge in [0.05, 0.1) is 12.1 Å². The molecule has 0 radical (unpaired) electrons. The van der Waals surface area contributed by atoms with E-state index < -0.39 is 0 Å². The number of likely N-dealkylation sites (tertiary alicyclic amines) is 2. The fraction of sp³-hybridized carbons (Fsp3) is 0.647. The summed E-state index contributed by atoms with van der Waals surface area (Å²) in [5, 5.41) is 0. The zero-order valence-electron chi connectivity index (χ0n) is 13.5. The van der Waals surface area contributed by atoms with E-state index >= 15 is 0 Å². The first-order chi connectivity index (χ1) is 10.6. The molecule has 0 aromatic carbocycles. The molecule has 2 aliphatic heterocycles. The predicted octanol–water partition coefficient (Wildman–Crippen LogP) is 1.95. The molecule has 120 valence electrons. The van der Waals surface area contributed by atoms with Crippen molar-refractivity contribution in [2.45, 2.75) is 44.2 Å². The summed E-state index contributed by atoms with van der Waals surface area (Å²) in [7, 11) is 2.04. The first-order valence-corrected chi connectivity index (χ1v) is 8.24. The molecule has 1 aromatic heterocycles. The van der Waals surface area contributed by atoms with Gasteiger partial charge in [0.2, 0.25) is 5.91 Å². The van der Waals surface area contributed by atoms with Crippen molar-refractivity contribution in [3.63, 3.8) is 0 Å². The number of carbonyl (C=O) groups excluding carboxylic acids is 1. The molecular formula is C17H26N4O. The lowest BCUT2D eigenvalue weighted by Crippen LogP contribution is -2.62. The Morgan fingerprint density at radius 3 is 2.95 bits per heavy atom. The van der Waals surface area contributed by atoms with Crippen molar-refractivity contribution in [1.29, 1.82) is 0 Å². The van der Waals surface area contributed by atoms with E-state index in [9.17, 15) is 4.79 Å². The van der Waals surface area contributed by atoms with Gasteiger partial charge in [0.15, 0.2) is 0 Å². The molecule has 2 aliphatic rings. The Balaban J connectivity index is 1.76. The van der Waals surface area contributed by atoms with Crippen LogP contribution in [0.5, 0.6) is 0 Å². The van der Waals surface area contributed by atoms with Gasteiger partial charge in [-0.3, -0.25) is 9.69 Å². The number of hydrogen-bond donors (Lipinski definition) is 0. The van der Waals surface area contributed by atoms with Gasteiger partial charge in [-0.2, -0.15) is 0 Å². The van der Waals surface area contributed by atoms with Crippen LogP contribution in [0.1, 0.15) is 37.9 Å². The summed E-state index contributed by atoms with van der Waals surface area (Å²) in [5.41, 5.74) is 0.00688. The minimum absolute atomic E-state index is 0.00688. The number of aryl methyl sites for hydroxylation is 1. The van der Waals surface area contributed by atoms with Crippen LogP contribution in [0.3, 0.4) is 0 Å². The Bertz CT molecular complexity index is 549. The molecule has 3 heterocycles. The molecule has 1 spiro atoms. The maximum Gasteiger partial charge on any atom is 0.223 e. The molecule has 5 heteroatoms. The maximum absolute atomic E-state index is 12.4. The zero-order chi connectivity index (χ0) is 15.6. The Morgan fingerprint density at radius 1 is 1.41 bits per heavy atom. The summed E-state index contributed by atoms with van der Waals surface area (Å²) < 4.78 is 2.08. The van der Waals surface area contributed by atoms with Gasteiger partial charge >= 0.3 is 0 Å². The average molecular weight is 302 g/mol. The third-order valence-corrected chi connectivity index (χ3v) is 5.14. The van der Waals surface area contributed by atoms with Gasteiger partial charge in [0.25, 0.3) is 0 Å². The third kappa shape index (κ3) is 2.82. The number of carbonyl (C=O) groups is 1. The lowest BCUT2D eigenvalue weighted by molar-refractivity contribution is -0.144. The van der Waals surface area contributed by atoms with Crippen LogP contribution in [0.15, 0.2) is 25.0 Å². The van der Waals surface area contributed by atoms with Gasteiger partial charge in [0.1, 0.15) is 5.82 Å². The SMILES string of the molecule is C=CCN1C(=O)CCC[C@]12CCCN(Cc1nccn1C)C2. The molecule has 2 saturated heterocycles. The molecule has 0 unspecified atom stereocenters. The van der Waals surface area contributed by atoms with Gasteiger partial charge < -0.3 is 9.47 Å². The van der Waals surface area contributed by atoms with Crippen molar-refractivity contribution >= 4 is 5.91 Å². The minimum Gasteiger partial charge on any atom is -0.337 e. The van der Waals surface area contributed by atoms with Crippen LogP contribution in [-0.4, -0.2) is 50.4 Å². The number of imidazole rings is 1. The molecule has 0 aliphatic carbocycles. The van der Waals surface area contributed by atoms with Gasteiger partial charge in [0, 0.05) is 39.0 Å². The Hall–Kier alpha value is -1.62. The highest BCUT2D eigenvalue weighted by atomic mass is 16.2. The summed E-state index contributed by atoms with van der Waals surface area (Å²) in [5.74, 6) is 1.39. The monoisotopic (exact) mass is 302 g/mol. The first-order valence-electron chi connectivity index (χ1n) is 8.24. The highest BCUT2D eigenvalue weighted by molar-refractivity contribution is 5.78. The van der Waals surface area contributed by atoms with Crippen LogP contribution in [0, 0.1) is 0 Å². The number of amides is 1. The quantitative estimate of drug-likeness (QED) is 0.798. The van der Waals surface area contributed by atoms with Crippen LogP contribution in [0.4, 0.5) is 0 Å². The van der Waals surface area contributed by atoms with Crippen molar-refractivity contribution < 1.29 is 4.79 Å². The van der Waals surface area contributed by atoms with Gasteiger partial charge in [-0.1, -0.05) is 6.08 Å². The number of nitrogens with zero attached hydrogens (tertiary/aromatic N) is 4. The van der Waals surface area contributed by atoms with Crippen molar-refractivity contribution in [3.05, 3.63) is 30.9 Å². The molecule has 3 rings (SSSR count). The fourth-order valence-corrected chi connectivity index (χ4v) is 4.04. The number of aromatic nitrogens is 2. The van der Waals surface area contributed by atoms with E-state index in [0.29, 0.717) is 18.9 Å². The second-order valence-corrected chi connectivity index (χ2v) is 6.64.